The third-order valence-electron chi connectivity index (χ3n) is 3.61. The van der Waals surface area contributed by atoms with E-state index in [0.29, 0.717) is 6.61 Å². The molecule has 0 saturated carbocycles. The number of rotatable bonds is 12. The lowest BCUT2D eigenvalue weighted by atomic mass is 10.3. The Labute approximate surface area is 125 Å². The minimum absolute atomic E-state index is 0.0344. The van der Waals surface area contributed by atoms with Crippen molar-refractivity contribution in [3.63, 3.8) is 0 Å². The standard InChI is InChI=1S/C16H32O3Si/c1-6-11-12-16(19-15(17)9-4)20(13-7-2,14-8-3)18-10-5/h9,16H,4,6-8,10-14H2,1-3,5H3. The molecule has 0 saturated heterocycles. The van der Waals surface area contributed by atoms with Crippen molar-refractivity contribution >= 4 is 14.3 Å². The number of unbranched alkanes of at least 4 members (excludes halogenated alkanes) is 1. The number of carbonyl (C=O) groups excluding carboxylic acids is 1. The van der Waals surface area contributed by atoms with Crippen LogP contribution in [0.1, 0.15) is 59.8 Å². The van der Waals surface area contributed by atoms with Gasteiger partial charge in [0.05, 0.1) is 0 Å². The maximum absolute atomic E-state index is 11.7. The maximum atomic E-state index is 11.7. The van der Waals surface area contributed by atoms with Crippen LogP contribution in [0.15, 0.2) is 12.7 Å². The van der Waals surface area contributed by atoms with E-state index >= 15 is 0 Å². The van der Waals surface area contributed by atoms with Crippen LogP contribution >= 0.6 is 0 Å². The lowest BCUT2D eigenvalue weighted by Gasteiger charge is -2.37. The largest absolute Gasteiger partial charge is 0.460 e. The Morgan fingerprint density at radius 2 is 1.75 bits per heavy atom. The average molecular weight is 301 g/mol. The Kier molecular flexibility index (Phi) is 10.8. The van der Waals surface area contributed by atoms with Gasteiger partial charge in [0.25, 0.3) is 0 Å². The molecule has 0 aromatic heterocycles. The molecule has 1 atom stereocenters. The number of hydrogen-bond donors (Lipinski definition) is 0. The normalized spacial score (nSPS) is 13.0. The van der Waals surface area contributed by atoms with Gasteiger partial charge in [-0.05, 0) is 25.4 Å². The second kappa shape index (κ2) is 11.1. The van der Waals surface area contributed by atoms with Crippen LogP contribution in [-0.4, -0.2) is 26.6 Å². The number of ether oxygens (including phenoxy) is 1. The molecule has 0 N–H and O–H groups in total. The van der Waals surface area contributed by atoms with Crippen molar-refractivity contribution < 1.29 is 14.0 Å². The van der Waals surface area contributed by atoms with Crippen molar-refractivity contribution in [1.29, 1.82) is 0 Å². The fourth-order valence-electron chi connectivity index (χ4n) is 2.83. The van der Waals surface area contributed by atoms with Crippen LogP contribution in [-0.2, 0) is 14.0 Å². The molecule has 0 heterocycles. The van der Waals surface area contributed by atoms with E-state index in [9.17, 15) is 4.79 Å². The fraction of sp³-hybridized carbons (Fsp3) is 0.812. The van der Waals surface area contributed by atoms with Gasteiger partial charge in [-0.1, -0.05) is 53.0 Å². The van der Waals surface area contributed by atoms with Gasteiger partial charge in [0, 0.05) is 12.7 Å². The number of esters is 1. The van der Waals surface area contributed by atoms with Crippen LogP contribution in [0.5, 0.6) is 0 Å². The number of hydrogen-bond acceptors (Lipinski definition) is 3. The van der Waals surface area contributed by atoms with E-state index in [0.717, 1.165) is 44.2 Å². The van der Waals surface area contributed by atoms with Crippen LogP contribution in [0.2, 0.25) is 12.1 Å². The molecule has 1 unspecified atom stereocenters. The predicted octanol–water partition coefficient (Wildman–Crippen LogP) is 4.62. The number of carbonyl (C=O) groups is 1. The topological polar surface area (TPSA) is 35.5 Å². The predicted molar refractivity (Wildman–Crippen MR) is 87.2 cm³/mol. The lowest BCUT2D eigenvalue weighted by molar-refractivity contribution is -0.140. The summed E-state index contributed by atoms with van der Waals surface area (Å²) in [6.07, 6.45) is 6.53. The van der Waals surface area contributed by atoms with E-state index in [1.54, 1.807) is 0 Å². The third-order valence-corrected chi connectivity index (χ3v) is 8.75. The van der Waals surface area contributed by atoms with E-state index in [1.165, 1.54) is 6.08 Å². The van der Waals surface area contributed by atoms with Gasteiger partial charge in [-0.3, -0.25) is 0 Å². The highest BCUT2D eigenvalue weighted by Crippen LogP contribution is 2.30. The Balaban J connectivity index is 5.19. The van der Waals surface area contributed by atoms with Gasteiger partial charge in [-0.15, -0.1) is 0 Å². The Hall–Kier alpha value is -0.613. The van der Waals surface area contributed by atoms with Crippen molar-refractivity contribution in [3.8, 4) is 0 Å². The van der Waals surface area contributed by atoms with E-state index in [2.05, 4.69) is 27.4 Å². The second-order valence-corrected chi connectivity index (χ2v) is 9.33. The molecule has 0 radical (unpaired) electrons. The monoisotopic (exact) mass is 300 g/mol. The smallest absolute Gasteiger partial charge is 0.330 e. The highest BCUT2D eigenvalue weighted by atomic mass is 28.4. The first-order valence-corrected chi connectivity index (χ1v) is 10.5. The molecular formula is C16H32O3Si. The zero-order valence-electron chi connectivity index (χ0n) is 13.7. The summed E-state index contributed by atoms with van der Waals surface area (Å²) in [7, 11) is -2.03. The summed E-state index contributed by atoms with van der Waals surface area (Å²) in [6, 6.07) is 2.13. The van der Waals surface area contributed by atoms with Crippen molar-refractivity contribution in [1.82, 2.24) is 0 Å². The Bertz CT molecular complexity index is 262. The maximum Gasteiger partial charge on any atom is 0.330 e. The van der Waals surface area contributed by atoms with Gasteiger partial charge >= 0.3 is 5.97 Å². The molecule has 0 aromatic carbocycles. The van der Waals surface area contributed by atoms with Crippen LogP contribution in [0.3, 0.4) is 0 Å². The minimum Gasteiger partial charge on any atom is -0.460 e. The molecular weight excluding hydrogens is 268 g/mol. The molecule has 3 nitrogen and oxygen atoms in total. The first-order valence-electron chi connectivity index (χ1n) is 8.07. The molecule has 0 aliphatic heterocycles. The summed E-state index contributed by atoms with van der Waals surface area (Å²) in [4.78, 5) is 11.7. The van der Waals surface area contributed by atoms with Gasteiger partial charge in [0.15, 0.2) is 0 Å². The summed E-state index contributed by atoms with van der Waals surface area (Å²) < 4.78 is 11.9. The Morgan fingerprint density at radius 1 is 1.15 bits per heavy atom. The summed E-state index contributed by atoms with van der Waals surface area (Å²) in [5, 5.41) is 0. The summed E-state index contributed by atoms with van der Waals surface area (Å²) >= 11 is 0. The van der Waals surface area contributed by atoms with Crippen molar-refractivity contribution in [2.45, 2.75) is 77.6 Å². The fourth-order valence-corrected chi connectivity index (χ4v) is 7.52. The van der Waals surface area contributed by atoms with Crippen LogP contribution in [0.4, 0.5) is 0 Å². The summed E-state index contributed by atoms with van der Waals surface area (Å²) in [6.45, 7) is 12.8. The van der Waals surface area contributed by atoms with Gasteiger partial charge in [0.1, 0.15) is 5.73 Å². The highest BCUT2D eigenvalue weighted by molar-refractivity contribution is 6.75. The molecule has 0 amide bonds. The first kappa shape index (κ1) is 19.4. The zero-order valence-corrected chi connectivity index (χ0v) is 14.7. The molecule has 0 spiro atoms. The molecule has 118 valence electrons. The molecule has 4 heteroatoms. The van der Waals surface area contributed by atoms with Crippen LogP contribution < -0.4 is 0 Å². The summed E-state index contributed by atoms with van der Waals surface area (Å²) in [5.74, 6) is -0.310. The van der Waals surface area contributed by atoms with Crippen molar-refractivity contribution in [2.24, 2.45) is 0 Å². The second-order valence-electron chi connectivity index (χ2n) is 5.27. The molecule has 0 aromatic rings. The molecule has 0 aliphatic carbocycles. The molecule has 0 rings (SSSR count). The molecule has 0 fully saturated rings. The third kappa shape index (κ3) is 6.22. The quantitative estimate of drug-likeness (QED) is 0.300. The van der Waals surface area contributed by atoms with E-state index in [-0.39, 0.29) is 11.7 Å². The first-order chi connectivity index (χ1) is 9.60. The molecule has 20 heavy (non-hydrogen) atoms. The van der Waals surface area contributed by atoms with Crippen molar-refractivity contribution in [3.05, 3.63) is 12.7 Å². The van der Waals surface area contributed by atoms with E-state index in [4.69, 9.17) is 9.16 Å². The summed E-state index contributed by atoms with van der Waals surface area (Å²) in [5.41, 5.74) is -0.0344. The van der Waals surface area contributed by atoms with E-state index < -0.39 is 8.32 Å². The van der Waals surface area contributed by atoms with Crippen LogP contribution in [0.25, 0.3) is 0 Å². The molecule has 0 aliphatic rings. The highest BCUT2D eigenvalue weighted by Gasteiger charge is 2.43. The average Bonchev–Trinajstić information content (AvgIpc) is 2.43. The van der Waals surface area contributed by atoms with Gasteiger partial charge < -0.3 is 9.16 Å². The minimum atomic E-state index is -2.03. The SMILES string of the molecule is C=CC(=O)OC(CCCC)[Si](CCC)(CCC)OCC. The van der Waals surface area contributed by atoms with Crippen LogP contribution in [0, 0.1) is 0 Å². The van der Waals surface area contributed by atoms with Gasteiger partial charge in [-0.2, -0.15) is 0 Å². The lowest BCUT2D eigenvalue weighted by Crippen LogP contribution is -2.52. The zero-order chi connectivity index (χ0) is 15.4. The Morgan fingerprint density at radius 3 is 2.15 bits per heavy atom. The van der Waals surface area contributed by atoms with E-state index in [1.807, 2.05) is 6.92 Å². The van der Waals surface area contributed by atoms with Gasteiger partial charge in [-0.25, -0.2) is 4.79 Å². The van der Waals surface area contributed by atoms with Crippen molar-refractivity contribution in [2.75, 3.05) is 6.61 Å². The van der Waals surface area contributed by atoms with Gasteiger partial charge in [0.2, 0.25) is 8.32 Å². The molecule has 0 bridgehead atoms.